The number of rotatable bonds is 14. The van der Waals surface area contributed by atoms with Crippen LogP contribution in [0.2, 0.25) is 0 Å². The predicted molar refractivity (Wildman–Crippen MR) is 116 cm³/mol. The van der Waals surface area contributed by atoms with Gasteiger partial charge < -0.3 is 4.90 Å². The van der Waals surface area contributed by atoms with E-state index >= 15 is 0 Å². The summed E-state index contributed by atoms with van der Waals surface area (Å²) in [6.45, 7) is 9.00. The molecule has 1 aromatic rings. The molecule has 0 saturated carbocycles. The molecule has 0 amide bonds. The summed E-state index contributed by atoms with van der Waals surface area (Å²) in [6, 6.07) is 8.98. The third-order valence-electron chi connectivity index (χ3n) is 4.90. The highest BCUT2D eigenvalue weighted by Crippen LogP contribution is 2.22. The first-order chi connectivity index (χ1) is 11.3. The number of nitrogens with zero attached hydrogens (tertiary/aromatic N) is 1. The number of hydrogen-bond acceptors (Lipinski definition) is 1. The first-order valence-electron chi connectivity index (χ1n) is 10.2. The summed E-state index contributed by atoms with van der Waals surface area (Å²) in [5, 5.41) is 0. The van der Waals surface area contributed by atoms with Gasteiger partial charge >= 0.3 is 0 Å². The quantitative estimate of drug-likeness (QED) is 0.292. The van der Waals surface area contributed by atoms with Gasteiger partial charge in [0.15, 0.2) is 0 Å². The Bertz CT molecular complexity index is 387. The van der Waals surface area contributed by atoms with Gasteiger partial charge in [-0.05, 0) is 38.3 Å². The zero-order valence-electron chi connectivity index (χ0n) is 16.4. The molecule has 0 aliphatic rings. The maximum absolute atomic E-state index is 2.48. The topological polar surface area (TPSA) is 3.24 Å². The van der Waals surface area contributed by atoms with Gasteiger partial charge in [0.2, 0.25) is 0 Å². The minimum absolute atomic E-state index is 0. The van der Waals surface area contributed by atoms with Crippen LogP contribution >= 0.6 is 17.0 Å². The molecular formula is C22H40BrN. The standard InChI is InChI=1S/C22H39N.BrH/c1-4-7-8-9-10-11-12-13-14-15-18-21-19-16-17-20-22(21)23(5-2)6-3;/h16-17,19-20H,4-15,18H2,1-3H3;1H. The summed E-state index contributed by atoms with van der Waals surface area (Å²) >= 11 is 0. The number of hydrogen-bond donors (Lipinski definition) is 0. The van der Waals surface area contributed by atoms with Gasteiger partial charge in [0.25, 0.3) is 0 Å². The Morgan fingerprint density at radius 3 is 1.71 bits per heavy atom. The monoisotopic (exact) mass is 397 g/mol. The molecule has 2 heteroatoms. The molecule has 0 spiro atoms. The van der Waals surface area contributed by atoms with Crippen molar-refractivity contribution in [2.24, 2.45) is 0 Å². The van der Waals surface area contributed by atoms with E-state index in [1.54, 1.807) is 0 Å². The van der Waals surface area contributed by atoms with Gasteiger partial charge in [0.1, 0.15) is 0 Å². The molecule has 24 heavy (non-hydrogen) atoms. The van der Waals surface area contributed by atoms with E-state index in [0.29, 0.717) is 0 Å². The summed E-state index contributed by atoms with van der Waals surface area (Å²) in [7, 11) is 0. The van der Waals surface area contributed by atoms with E-state index in [2.05, 4.69) is 49.9 Å². The molecule has 0 radical (unpaired) electrons. The third-order valence-corrected chi connectivity index (χ3v) is 4.90. The van der Waals surface area contributed by atoms with Crippen LogP contribution in [0.3, 0.4) is 0 Å². The van der Waals surface area contributed by atoms with Crippen molar-refractivity contribution in [2.45, 2.75) is 91.4 Å². The number of anilines is 1. The number of halogens is 1. The van der Waals surface area contributed by atoms with Crippen molar-refractivity contribution in [2.75, 3.05) is 18.0 Å². The predicted octanol–water partition coefficient (Wildman–Crippen LogP) is 7.57. The Hall–Kier alpha value is -0.500. The van der Waals surface area contributed by atoms with Crippen LogP contribution in [0.25, 0.3) is 0 Å². The summed E-state index contributed by atoms with van der Waals surface area (Å²) < 4.78 is 0. The van der Waals surface area contributed by atoms with Gasteiger partial charge in [0, 0.05) is 18.8 Å². The first-order valence-corrected chi connectivity index (χ1v) is 10.2. The minimum atomic E-state index is 0. The van der Waals surface area contributed by atoms with Crippen LogP contribution in [-0.2, 0) is 6.42 Å². The van der Waals surface area contributed by atoms with Gasteiger partial charge in [-0.15, -0.1) is 17.0 Å². The van der Waals surface area contributed by atoms with Gasteiger partial charge in [-0.1, -0.05) is 82.9 Å². The average Bonchev–Trinajstić information content (AvgIpc) is 2.59. The van der Waals surface area contributed by atoms with E-state index in [0.717, 1.165) is 13.1 Å². The molecule has 1 aromatic carbocycles. The summed E-state index contributed by atoms with van der Waals surface area (Å²) in [5.74, 6) is 0. The molecule has 140 valence electrons. The van der Waals surface area contributed by atoms with Crippen LogP contribution in [0.1, 0.15) is 90.5 Å². The fourth-order valence-electron chi connectivity index (χ4n) is 3.40. The fourth-order valence-corrected chi connectivity index (χ4v) is 3.40. The third kappa shape index (κ3) is 9.71. The molecule has 0 atom stereocenters. The van der Waals surface area contributed by atoms with Crippen molar-refractivity contribution < 1.29 is 0 Å². The molecule has 0 heterocycles. The molecule has 0 unspecified atom stereocenters. The Kier molecular flexibility index (Phi) is 15.7. The minimum Gasteiger partial charge on any atom is -0.372 e. The second kappa shape index (κ2) is 16.0. The van der Waals surface area contributed by atoms with E-state index in [9.17, 15) is 0 Å². The van der Waals surface area contributed by atoms with Crippen molar-refractivity contribution in [3.05, 3.63) is 29.8 Å². The van der Waals surface area contributed by atoms with E-state index in [4.69, 9.17) is 0 Å². The van der Waals surface area contributed by atoms with Gasteiger partial charge in [-0.25, -0.2) is 0 Å². The average molecular weight is 398 g/mol. The largest absolute Gasteiger partial charge is 0.372 e. The van der Waals surface area contributed by atoms with E-state index in [1.165, 1.54) is 81.9 Å². The van der Waals surface area contributed by atoms with Crippen molar-refractivity contribution in [3.8, 4) is 0 Å². The highest BCUT2D eigenvalue weighted by molar-refractivity contribution is 8.93. The second-order valence-corrected chi connectivity index (χ2v) is 6.73. The number of aryl methyl sites for hydroxylation is 1. The summed E-state index contributed by atoms with van der Waals surface area (Å²) in [4.78, 5) is 2.48. The number of para-hydroxylation sites is 1. The van der Waals surface area contributed by atoms with Crippen LogP contribution in [0, 0.1) is 0 Å². The molecule has 0 aliphatic heterocycles. The lowest BCUT2D eigenvalue weighted by atomic mass is 10.0. The molecule has 0 fully saturated rings. The van der Waals surface area contributed by atoms with Gasteiger partial charge in [-0.3, -0.25) is 0 Å². The molecule has 0 aromatic heterocycles. The zero-order valence-corrected chi connectivity index (χ0v) is 18.1. The van der Waals surface area contributed by atoms with E-state index in [-0.39, 0.29) is 17.0 Å². The van der Waals surface area contributed by atoms with Crippen LogP contribution in [-0.4, -0.2) is 13.1 Å². The fraction of sp³-hybridized carbons (Fsp3) is 0.727. The Morgan fingerprint density at radius 1 is 0.667 bits per heavy atom. The molecule has 1 nitrogen and oxygen atoms in total. The van der Waals surface area contributed by atoms with Crippen LogP contribution in [0.15, 0.2) is 24.3 Å². The molecule has 0 bridgehead atoms. The maximum Gasteiger partial charge on any atom is 0.0398 e. The molecule has 0 N–H and O–H groups in total. The lowest BCUT2D eigenvalue weighted by Crippen LogP contribution is -2.23. The van der Waals surface area contributed by atoms with Crippen LogP contribution < -0.4 is 4.90 Å². The van der Waals surface area contributed by atoms with Crippen LogP contribution in [0.4, 0.5) is 5.69 Å². The highest BCUT2D eigenvalue weighted by atomic mass is 79.9. The normalized spacial score (nSPS) is 10.5. The van der Waals surface area contributed by atoms with Crippen molar-refractivity contribution in [1.82, 2.24) is 0 Å². The smallest absolute Gasteiger partial charge is 0.0398 e. The SMILES string of the molecule is Br.CCCCCCCCCCCCc1ccccc1N(CC)CC. The van der Waals surface area contributed by atoms with Crippen LogP contribution in [0.5, 0.6) is 0 Å². The Labute approximate surface area is 162 Å². The van der Waals surface area contributed by atoms with Crippen molar-refractivity contribution in [1.29, 1.82) is 0 Å². The highest BCUT2D eigenvalue weighted by Gasteiger charge is 2.07. The van der Waals surface area contributed by atoms with E-state index in [1.807, 2.05) is 0 Å². The second-order valence-electron chi connectivity index (χ2n) is 6.73. The maximum atomic E-state index is 2.48. The van der Waals surface area contributed by atoms with E-state index < -0.39 is 0 Å². The molecule has 0 aliphatic carbocycles. The van der Waals surface area contributed by atoms with Crippen molar-refractivity contribution >= 4 is 22.7 Å². The lowest BCUT2D eigenvalue weighted by molar-refractivity contribution is 0.556. The first kappa shape index (κ1) is 23.5. The molecule has 0 saturated heterocycles. The van der Waals surface area contributed by atoms with Gasteiger partial charge in [0.05, 0.1) is 0 Å². The van der Waals surface area contributed by atoms with Gasteiger partial charge in [-0.2, -0.15) is 0 Å². The Balaban J connectivity index is 0.00000529. The molecular weight excluding hydrogens is 358 g/mol. The zero-order chi connectivity index (χ0) is 16.8. The molecule has 1 rings (SSSR count). The van der Waals surface area contributed by atoms with Crippen molar-refractivity contribution in [3.63, 3.8) is 0 Å². The summed E-state index contributed by atoms with van der Waals surface area (Å²) in [5.41, 5.74) is 2.99. The number of unbranched alkanes of at least 4 members (excludes halogenated alkanes) is 9. The lowest BCUT2D eigenvalue weighted by Gasteiger charge is -2.24. The summed E-state index contributed by atoms with van der Waals surface area (Å²) in [6.07, 6.45) is 15.4. The number of benzene rings is 1. The Morgan fingerprint density at radius 2 is 1.17 bits per heavy atom.